The van der Waals surface area contributed by atoms with E-state index in [-0.39, 0.29) is 145 Å². The molecule has 0 aliphatic carbocycles. The van der Waals surface area contributed by atoms with E-state index >= 15 is 0 Å². The Morgan fingerprint density at radius 2 is 0.310 bits per heavy atom. The Balaban J connectivity index is -0.000000000994. The first-order valence-corrected chi connectivity index (χ1v) is 4.19. The van der Waals surface area contributed by atoms with Crippen molar-refractivity contribution in [3.8, 4) is 0 Å². The van der Waals surface area contributed by atoms with Crippen LogP contribution < -0.4 is 0 Å². The standard InChI is InChI=1S/2Mg.2H2O4S.17H2O.4H/c;;2*1-5(2,3)4;;;;;;;;;;;;;;;;;;;;;/h;;2*(H2,1,2,3,4);17*1H2;;;;/q2*+2;;;;;;;;;;;;;;;;;;;;4*-1. The van der Waals surface area contributed by atoms with Gasteiger partial charge >= 0.3 is 66.9 Å². The van der Waals surface area contributed by atoms with Crippen molar-refractivity contribution in [2.75, 3.05) is 0 Å². The molecular weight excluding hydrogens is 513 g/mol. The molecule has 0 amide bonds. The second kappa shape index (κ2) is 137. The summed E-state index contributed by atoms with van der Waals surface area (Å²) in [6.07, 6.45) is 0. The van der Waals surface area contributed by atoms with Crippen molar-refractivity contribution in [2.45, 2.75) is 0 Å². The van der Waals surface area contributed by atoms with Gasteiger partial charge in [0.25, 0.3) is 0 Å². The molecule has 208 valence electrons. The molecule has 25 nitrogen and oxygen atoms in total. The molecule has 29 heavy (non-hydrogen) atoms. The van der Waals surface area contributed by atoms with Gasteiger partial charge in [-0.2, -0.15) is 16.8 Å². The van der Waals surface area contributed by atoms with E-state index in [0.29, 0.717) is 0 Å². The molecule has 0 spiro atoms. The second-order valence-corrected chi connectivity index (χ2v) is 2.69. The van der Waals surface area contributed by atoms with E-state index in [1.807, 2.05) is 0 Å². The average molecular weight is 555 g/mol. The van der Waals surface area contributed by atoms with Crippen LogP contribution >= 0.6 is 0 Å². The monoisotopic (exact) mass is 554 g/mol. The first kappa shape index (κ1) is 328. The first-order valence-electron chi connectivity index (χ1n) is 1.40. The van der Waals surface area contributed by atoms with Crippen molar-refractivity contribution in [3.05, 3.63) is 0 Å². The van der Waals surface area contributed by atoms with Crippen LogP contribution in [-0.4, -0.2) is 174 Å². The summed E-state index contributed by atoms with van der Waals surface area (Å²) in [5, 5.41) is 0. The predicted octanol–water partition coefficient (Wildman–Crippen LogP) is -15.6. The summed E-state index contributed by atoms with van der Waals surface area (Å²) in [6.45, 7) is 0. The summed E-state index contributed by atoms with van der Waals surface area (Å²) in [7, 11) is -9.33. The largest absolute Gasteiger partial charge is 2.00 e. The van der Waals surface area contributed by atoms with E-state index < -0.39 is 20.8 Å². The smallest absolute Gasteiger partial charge is 1.00 e. The van der Waals surface area contributed by atoms with Gasteiger partial charge in [0.05, 0.1) is 0 Å². The van der Waals surface area contributed by atoms with Crippen LogP contribution in [0.1, 0.15) is 5.71 Å². The van der Waals surface area contributed by atoms with Crippen LogP contribution in [0.25, 0.3) is 0 Å². The van der Waals surface area contributed by atoms with Gasteiger partial charge in [0, 0.05) is 0 Å². The van der Waals surface area contributed by atoms with Crippen LogP contribution in [0.5, 0.6) is 0 Å². The minimum absolute atomic E-state index is 0. The Labute approximate surface area is 200 Å². The third-order valence-electron chi connectivity index (χ3n) is 0. The van der Waals surface area contributed by atoms with Crippen molar-refractivity contribution >= 4 is 66.9 Å². The molecule has 0 fully saturated rings. The van der Waals surface area contributed by atoms with Crippen molar-refractivity contribution in [2.24, 2.45) is 0 Å². The quantitative estimate of drug-likeness (QED) is 0.164. The number of hydrogen-bond acceptors (Lipinski definition) is 4. The molecule has 0 unspecified atom stereocenters. The third-order valence-corrected chi connectivity index (χ3v) is 0. The summed E-state index contributed by atoms with van der Waals surface area (Å²) in [5.74, 6) is 0. The molecule has 0 atom stereocenters. The molecule has 29 heteroatoms. The molecule has 0 aliphatic rings. The Hall–Kier alpha value is 0.592. The zero-order chi connectivity index (χ0) is 9.00. The van der Waals surface area contributed by atoms with Gasteiger partial charge in [-0.15, -0.1) is 0 Å². The van der Waals surface area contributed by atoms with Crippen molar-refractivity contribution in [1.29, 1.82) is 0 Å². The molecule has 0 aromatic carbocycles. The van der Waals surface area contributed by atoms with Crippen LogP contribution in [0.2, 0.25) is 0 Å². The first-order chi connectivity index (χ1) is 4.00. The average Bonchev–Trinajstić information content (AvgIpc) is 1.12. The van der Waals surface area contributed by atoms with E-state index in [9.17, 15) is 0 Å². The SMILES string of the molecule is O.O.O.O.O.O.O.O.O.O.O.O.O.O.O.O.O.O=S(=O)(O)O.O=S(=O)(O)O.[H-].[H-].[H-].[H-].[Mg+2].[Mg+2]. The summed E-state index contributed by atoms with van der Waals surface area (Å²) < 4.78 is 63.2. The van der Waals surface area contributed by atoms with Gasteiger partial charge in [-0.25, -0.2) is 0 Å². The number of hydrogen-bond donors (Lipinski definition) is 4. The predicted molar refractivity (Wildman–Crippen MR) is 106 cm³/mol. The van der Waals surface area contributed by atoms with Crippen molar-refractivity contribution in [1.82, 2.24) is 0 Å². The van der Waals surface area contributed by atoms with Gasteiger partial charge in [0.2, 0.25) is 0 Å². The van der Waals surface area contributed by atoms with Crippen LogP contribution in [0.3, 0.4) is 0 Å². The molecule has 0 aromatic rings. The van der Waals surface area contributed by atoms with E-state index in [1.54, 1.807) is 0 Å². The molecule has 0 saturated carbocycles. The van der Waals surface area contributed by atoms with E-state index in [1.165, 1.54) is 0 Å². The van der Waals surface area contributed by atoms with Crippen LogP contribution in [-0.2, 0) is 20.8 Å². The summed E-state index contributed by atoms with van der Waals surface area (Å²) >= 11 is 0. The van der Waals surface area contributed by atoms with Gasteiger partial charge in [-0.05, 0) is 0 Å². The maximum Gasteiger partial charge on any atom is 2.00 e. The molecule has 0 rings (SSSR count). The van der Waals surface area contributed by atoms with Crippen LogP contribution in [0, 0.1) is 0 Å². The van der Waals surface area contributed by atoms with E-state index in [0.717, 1.165) is 0 Å². The number of rotatable bonds is 0. The molecular formula is H42Mg2O25S2. The van der Waals surface area contributed by atoms with Gasteiger partial charge in [0.1, 0.15) is 0 Å². The second-order valence-electron chi connectivity index (χ2n) is 0.896. The minimum atomic E-state index is -4.67. The topological polar surface area (TPSA) is 685 Å². The van der Waals surface area contributed by atoms with Crippen molar-refractivity contribution in [3.63, 3.8) is 0 Å². The zero-order valence-corrected chi connectivity index (χ0v) is 18.6. The summed E-state index contributed by atoms with van der Waals surface area (Å²) in [5.41, 5.74) is 0. The van der Waals surface area contributed by atoms with Crippen molar-refractivity contribution < 1.29 is 134 Å². The Morgan fingerprint density at radius 1 is 0.310 bits per heavy atom. The zero-order valence-electron chi connectivity index (χ0n) is 18.2. The fourth-order valence-electron chi connectivity index (χ4n) is 0. The fourth-order valence-corrected chi connectivity index (χ4v) is 0. The summed E-state index contributed by atoms with van der Waals surface area (Å²) in [6, 6.07) is 0. The van der Waals surface area contributed by atoms with Gasteiger partial charge in [0.15, 0.2) is 0 Å². The fraction of sp³-hybridized carbons (Fsp3) is 0. The normalized spacial score (nSPS) is 4.00. The third kappa shape index (κ3) is 57600. The maximum atomic E-state index is 8.74. The Bertz CT molecular complexity index is 235. The molecule has 0 bridgehead atoms. The minimum Gasteiger partial charge on any atom is -1.00 e. The Morgan fingerprint density at radius 3 is 0.310 bits per heavy atom. The van der Waals surface area contributed by atoms with Gasteiger partial charge < -0.3 is 98.8 Å². The molecule has 0 heterocycles. The molecule has 0 aliphatic heterocycles. The summed E-state index contributed by atoms with van der Waals surface area (Å²) in [4.78, 5) is 0. The van der Waals surface area contributed by atoms with E-state index in [4.69, 9.17) is 35.0 Å². The maximum absolute atomic E-state index is 8.74. The molecule has 0 radical (unpaired) electrons. The van der Waals surface area contributed by atoms with Crippen LogP contribution in [0.15, 0.2) is 0 Å². The van der Waals surface area contributed by atoms with Crippen LogP contribution in [0.4, 0.5) is 0 Å². The van der Waals surface area contributed by atoms with E-state index in [2.05, 4.69) is 0 Å². The van der Waals surface area contributed by atoms with Gasteiger partial charge in [-0.3, -0.25) is 18.2 Å². The molecule has 38 N–H and O–H groups in total. The molecule has 0 saturated heterocycles. The molecule has 0 aromatic heterocycles. The Kier molecular flexibility index (Phi) is 1550. The van der Waals surface area contributed by atoms with Gasteiger partial charge in [-0.1, -0.05) is 0 Å².